The normalized spacial score (nSPS) is 11.9. The molecule has 1 N–H and O–H groups in total. The number of aromatic nitrogens is 4. The predicted octanol–water partition coefficient (Wildman–Crippen LogP) is 5.39. The molecular formula is C19H11Cl2F3N4O3. The number of aryl methyl sites for hydroxylation is 1. The van der Waals surface area contributed by atoms with E-state index in [1.165, 1.54) is 6.20 Å². The van der Waals surface area contributed by atoms with Crippen LogP contribution in [0.5, 0.6) is 0 Å². The Morgan fingerprint density at radius 1 is 1.10 bits per heavy atom. The lowest BCUT2D eigenvalue weighted by atomic mass is 10.1. The van der Waals surface area contributed by atoms with Gasteiger partial charge in [0.15, 0.2) is 5.65 Å². The number of fused-ring (bicyclic) bond motifs is 1. The van der Waals surface area contributed by atoms with Gasteiger partial charge in [-0.3, -0.25) is 4.79 Å². The number of rotatable bonds is 5. The highest BCUT2D eigenvalue weighted by Crippen LogP contribution is 2.34. The molecule has 4 aromatic rings. The molecule has 0 saturated heterocycles. The Balaban J connectivity index is 1.65. The van der Waals surface area contributed by atoms with Crippen molar-refractivity contribution >= 4 is 34.8 Å². The van der Waals surface area contributed by atoms with Crippen molar-refractivity contribution in [3.8, 4) is 23.0 Å². The average Bonchev–Trinajstić information content (AvgIpc) is 3.32. The lowest BCUT2D eigenvalue weighted by molar-refractivity contribution is -0.138. The summed E-state index contributed by atoms with van der Waals surface area (Å²) in [4.78, 5) is 14.9. The van der Waals surface area contributed by atoms with E-state index < -0.39 is 17.7 Å². The molecule has 0 unspecified atom stereocenters. The fourth-order valence-corrected chi connectivity index (χ4v) is 3.43. The van der Waals surface area contributed by atoms with Crippen LogP contribution in [0.3, 0.4) is 0 Å². The maximum Gasteiger partial charge on any atom is 0.417 e. The Labute approximate surface area is 182 Å². The van der Waals surface area contributed by atoms with Crippen LogP contribution in [0, 0.1) is 0 Å². The molecular weight excluding hydrogens is 460 g/mol. The third-order valence-electron chi connectivity index (χ3n) is 4.37. The summed E-state index contributed by atoms with van der Waals surface area (Å²) in [6.45, 7) is 0. The number of carboxylic acid groups (broad SMARTS) is 1. The Morgan fingerprint density at radius 3 is 2.52 bits per heavy atom. The maximum absolute atomic E-state index is 13.0. The number of hydrogen-bond donors (Lipinski definition) is 1. The van der Waals surface area contributed by atoms with Crippen LogP contribution in [-0.2, 0) is 17.4 Å². The van der Waals surface area contributed by atoms with Crippen LogP contribution < -0.4 is 0 Å². The van der Waals surface area contributed by atoms with Gasteiger partial charge in [-0.1, -0.05) is 29.3 Å². The molecule has 4 rings (SSSR count). The summed E-state index contributed by atoms with van der Waals surface area (Å²) in [6, 6.07) is 5.70. The summed E-state index contributed by atoms with van der Waals surface area (Å²) in [7, 11) is 0. The Hall–Kier alpha value is -3.11. The molecule has 160 valence electrons. The second-order valence-corrected chi connectivity index (χ2v) is 7.37. The highest BCUT2D eigenvalue weighted by molar-refractivity contribution is 6.33. The SMILES string of the molecule is O=C(O)CCc1ccc(-c2nnc(-c3cn4cc(C(F)(F)F)cc(Cl)c4n3)o2)c(Cl)c1. The third-order valence-corrected chi connectivity index (χ3v) is 4.96. The van der Waals surface area contributed by atoms with E-state index >= 15 is 0 Å². The molecule has 0 fully saturated rings. The van der Waals surface area contributed by atoms with E-state index in [1.54, 1.807) is 18.2 Å². The van der Waals surface area contributed by atoms with Gasteiger partial charge < -0.3 is 13.9 Å². The van der Waals surface area contributed by atoms with E-state index in [4.69, 9.17) is 32.7 Å². The number of hydrogen-bond acceptors (Lipinski definition) is 5. The first-order valence-electron chi connectivity index (χ1n) is 8.72. The fraction of sp³-hybridized carbons (Fsp3) is 0.158. The first kappa shape index (κ1) is 21.1. The summed E-state index contributed by atoms with van der Waals surface area (Å²) >= 11 is 12.2. The zero-order chi connectivity index (χ0) is 22.3. The first-order chi connectivity index (χ1) is 14.6. The van der Waals surface area contributed by atoms with Crippen LogP contribution in [0.25, 0.3) is 28.7 Å². The zero-order valence-electron chi connectivity index (χ0n) is 15.3. The number of aliphatic carboxylic acids is 1. The Bertz CT molecular complexity index is 1300. The molecule has 0 aliphatic carbocycles. The van der Waals surface area contributed by atoms with Crippen molar-refractivity contribution in [2.75, 3.05) is 0 Å². The van der Waals surface area contributed by atoms with Gasteiger partial charge in [-0.25, -0.2) is 4.98 Å². The van der Waals surface area contributed by atoms with Crippen molar-refractivity contribution < 1.29 is 27.5 Å². The maximum atomic E-state index is 13.0. The van der Waals surface area contributed by atoms with Gasteiger partial charge in [-0.2, -0.15) is 13.2 Å². The van der Waals surface area contributed by atoms with Gasteiger partial charge in [-0.05, 0) is 30.2 Å². The molecule has 0 spiro atoms. The molecule has 3 heterocycles. The van der Waals surface area contributed by atoms with Crippen molar-refractivity contribution in [2.45, 2.75) is 19.0 Å². The van der Waals surface area contributed by atoms with E-state index in [-0.39, 0.29) is 39.6 Å². The van der Waals surface area contributed by atoms with Crippen LogP contribution >= 0.6 is 23.2 Å². The minimum atomic E-state index is -4.56. The Kier molecular flexibility index (Phi) is 5.36. The van der Waals surface area contributed by atoms with E-state index in [0.29, 0.717) is 12.0 Å². The van der Waals surface area contributed by atoms with E-state index in [2.05, 4.69) is 15.2 Å². The number of halogens is 5. The van der Waals surface area contributed by atoms with Crippen molar-refractivity contribution in [1.29, 1.82) is 0 Å². The number of carbonyl (C=O) groups is 1. The zero-order valence-corrected chi connectivity index (χ0v) is 16.8. The second kappa shape index (κ2) is 7.86. The van der Waals surface area contributed by atoms with Gasteiger partial charge in [0.05, 0.1) is 21.2 Å². The highest BCUT2D eigenvalue weighted by Gasteiger charge is 2.32. The van der Waals surface area contributed by atoms with Crippen LogP contribution in [0.15, 0.2) is 41.1 Å². The highest BCUT2D eigenvalue weighted by atomic mass is 35.5. The molecule has 0 atom stereocenters. The Morgan fingerprint density at radius 2 is 1.84 bits per heavy atom. The topological polar surface area (TPSA) is 93.5 Å². The fourth-order valence-electron chi connectivity index (χ4n) is 2.89. The molecule has 0 saturated carbocycles. The predicted molar refractivity (Wildman–Crippen MR) is 105 cm³/mol. The molecule has 3 aromatic heterocycles. The minimum Gasteiger partial charge on any atom is -0.481 e. The lowest BCUT2D eigenvalue weighted by Crippen LogP contribution is -2.06. The molecule has 1 aromatic carbocycles. The molecule has 0 aliphatic heterocycles. The van der Waals surface area contributed by atoms with Crippen molar-refractivity contribution in [1.82, 2.24) is 19.6 Å². The summed E-state index contributed by atoms with van der Waals surface area (Å²) in [5.74, 6) is -0.880. The second-order valence-electron chi connectivity index (χ2n) is 6.55. The molecule has 12 heteroatoms. The largest absolute Gasteiger partial charge is 0.481 e. The molecule has 0 amide bonds. The first-order valence-corrected chi connectivity index (χ1v) is 9.47. The number of imidazole rings is 1. The quantitative estimate of drug-likeness (QED) is 0.420. The van der Waals surface area contributed by atoms with Crippen LogP contribution in [-0.4, -0.2) is 30.7 Å². The number of nitrogens with zero attached hydrogens (tertiary/aromatic N) is 4. The van der Waals surface area contributed by atoms with Gasteiger partial charge >= 0.3 is 12.1 Å². The van der Waals surface area contributed by atoms with Gasteiger partial charge in [0.1, 0.15) is 5.69 Å². The number of alkyl halides is 3. The van der Waals surface area contributed by atoms with E-state index in [0.717, 1.165) is 22.2 Å². The molecule has 0 radical (unpaired) electrons. The van der Waals surface area contributed by atoms with Gasteiger partial charge in [-0.15, -0.1) is 10.2 Å². The third kappa shape index (κ3) is 4.35. The lowest BCUT2D eigenvalue weighted by Gasteiger charge is -2.07. The van der Waals surface area contributed by atoms with E-state index in [1.807, 2.05) is 0 Å². The molecule has 31 heavy (non-hydrogen) atoms. The summed E-state index contributed by atoms with van der Waals surface area (Å²) < 4.78 is 45.7. The molecule has 7 nitrogen and oxygen atoms in total. The van der Waals surface area contributed by atoms with Crippen molar-refractivity contribution in [3.63, 3.8) is 0 Å². The van der Waals surface area contributed by atoms with Crippen molar-refractivity contribution in [3.05, 3.63) is 57.8 Å². The molecule has 0 bridgehead atoms. The summed E-state index contributed by atoms with van der Waals surface area (Å²) in [5, 5.41) is 16.7. The van der Waals surface area contributed by atoms with Gasteiger partial charge in [0.2, 0.25) is 5.89 Å². The smallest absolute Gasteiger partial charge is 0.417 e. The average molecular weight is 471 g/mol. The van der Waals surface area contributed by atoms with Crippen molar-refractivity contribution in [2.24, 2.45) is 0 Å². The summed E-state index contributed by atoms with van der Waals surface area (Å²) in [6.07, 6.45) is -2.13. The minimum absolute atomic E-state index is 0.0330. The molecule has 0 aliphatic rings. The standard InChI is InChI=1S/C19H11Cl2F3N4O3/c20-12-5-9(2-4-15(29)30)1-3-11(12)17-26-27-18(31-17)14-8-28-7-10(19(22,23)24)6-13(21)16(28)25-14/h1,3,5-8H,2,4H2,(H,29,30). The number of pyridine rings is 1. The van der Waals surface area contributed by atoms with Crippen LogP contribution in [0.1, 0.15) is 17.5 Å². The van der Waals surface area contributed by atoms with Gasteiger partial charge in [0.25, 0.3) is 5.89 Å². The van der Waals surface area contributed by atoms with Gasteiger partial charge in [0, 0.05) is 18.8 Å². The summed E-state index contributed by atoms with van der Waals surface area (Å²) in [5.41, 5.74) is 0.460. The number of benzene rings is 1. The van der Waals surface area contributed by atoms with Crippen LogP contribution in [0.4, 0.5) is 13.2 Å². The van der Waals surface area contributed by atoms with Crippen LogP contribution in [0.2, 0.25) is 10.0 Å². The monoisotopic (exact) mass is 470 g/mol. The van der Waals surface area contributed by atoms with E-state index in [9.17, 15) is 18.0 Å². The number of carboxylic acids is 1.